The third-order valence-corrected chi connectivity index (χ3v) is 8.53. The van der Waals surface area contributed by atoms with Gasteiger partial charge in [0.25, 0.3) is 0 Å². The van der Waals surface area contributed by atoms with Crippen LogP contribution in [0.1, 0.15) is 0 Å². The minimum absolute atomic E-state index is 0.861. The second-order valence-corrected chi connectivity index (χ2v) is 11.1. The number of pyridine rings is 4. The molecule has 0 saturated heterocycles. The zero-order valence-electron chi connectivity index (χ0n) is 23.6. The lowest BCUT2D eigenvalue weighted by molar-refractivity contribution is 1.28. The summed E-state index contributed by atoms with van der Waals surface area (Å²) in [5.74, 6) is 0. The van der Waals surface area contributed by atoms with Crippen LogP contribution in [0.5, 0.6) is 0 Å². The van der Waals surface area contributed by atoms with Crippen LogP contribution in [0.15, 0.2) is 146 Å². The molecule has 0 aliphatic carbocycles. The quantitative estimate of drug-likeness (QED) is 0.159. The molecule has 0 radical (unpaired) electrons. The molecule has 0 fully saturated rings. The Labute approximate surface area is 253 Å². The average molecular weight is 561 g/mol. The molecule has 4 aromatic heterocycles. The van der Waals surface area contributed by atoms with Crippen molar-refractivity contribution < 1.29 is 0 Å². The van der Waals surface area contributed by atoms with E-state index in [1.54, 1.807) is 6.20 Å². The van der Waals surface area contributed by atoms with Crippen molar-refractivity contribution in [3.8, 4) is 33.8 Å². The van der Waals surface area contributed by atoms with E-state index in [0.29, 0.717) is 0 Å². The van der Waals surface area contributed by atoms with Gasteiger partial charge in [-0.15, -0.1) is 0 Å². The Morgan fingerprint density at radius 1 is 0.364 bits per heavy atom. The van der Waals surface area contributed by atoms with Gasteiger partial charge in [0.2, 0.25) is 0 Å². The number of benzene rings is 5. The fraction of sp³-hybridized carbons (Fsp3) is 0. The molecule has 0 saturated carbocycles. The molecule has 0 N–H and O–H groups in total. The van der Waals surface area contributed by atoms with Gasteiger partial charge in [-0.25, -0.2) is 9.97 Å². The molecule has 0 bridgehead atoms. The number of fused-ring (bicyclic) bond motifs is 7. The summed E-state index contributed by atoms with van der Waals surface area (Å²) in [5, 5.41) is 7.91. The predicted octanol–water partition coefficient (Wildman–Crippen LogP) is 10.0. The second kappa shape index (κ2) is 9.79. The second-order valence-electron chi connectivity index (χ2n) is 11.1. The molecule has 4 heterocycles. The first kappa shape index (κ1) is 24.6. The van der Waals surface area contributed by atoms with E-state index in [1.807, 2.05) is 30.5 Å². The summed E-state index contributed by atoms with van der Waals surface area (Å²) in [4.78, 5) is 19.7. The third-order valence-electron chi connectivity index (χ3n) is 8.53. The zero-order valence-corrected chi connectivity index (χ0v) is 23.6. The van der Waals surface area contributed by atoms with E-state index in [9.17, 15) is 0 Å². The molecule has 9 aromatic rings. The van der Waals surface area contributed by atoms with Crippen LogP contribution >= 0.6 is 0 Å². The largest absolute Gasteiger partial charge is 0.256 e. The number of rotatable bonds is 3. The molecular weight excluding hydrogens is 536 g/mol. The molecule has 44 heavy (non-hydrogen) atoms. The highest BCUT2D eigenvalue weighted by molar-refractivity contribution is 6.20. The van der Waals surface area contributed by atoms with Crippen molar-refractivity contribution in [3.05, 3.63) is 146 Å². The van der Waals surface area contributed by atoms with E-state index in [0.717, 1.165) is 77.3 Å². The first-order valence-electron chi connectivity index (χ1n) is 14.7. The fourth-order valence-electron chi connectivity index (χ4n) is 6.39. The van der Waals surface area contributed by atoms with Gasteiger partial charge in [-0.1, -0.05) is 97.1 Å². The lowest BCUT2D eigenvalue weighted by Crippen LogP contribution is -1.94. The normalized spacial score (nSPS) is 11.6. The Morgan fingerprint density at radius 3 is 1.73 bits per heavy atom. The van der Waals surface area contributed by atoms with Crippen molar-refractivity contribution in [1.29, 1.82) is 0 Å². The summed E-state index contributed by atoms with van der Waals surface area (Å²) in [6, 6.07) is 46.5. The summed E-state index contributed by atoms with van der Waals surface area (Å²) in [6.07, 6.45) is 3.71. The Kier molecular flexibility index (Phi) is 5.47. The van der Waals surface area contributed by atoms with Crippen LogP contribution in [0.2, 0.25) is 0 Å². The third kappa shape index (κ3) is 3.92. The van der Waals surface area contributed by atoms with E-state index in [-0.39, 0.29) is 0 Å². The number of aromatic nitrogens is 4. The van der Waals surface area contributed by atoms with Crippen LogP contribution in [-0.2, 0) is 0 Å². The van der Waals surface area contributed by atoms with Gasteiger partial charge in [-0.2, -0.15) is 0 Å². The maximum atomic E-state index is 5.33. The molecule has 5 aromatic carbocycles. The number of hydrogen-bond donors (Lipinski definition) is 0. The van der Waals surface area contributed by atoms with Gasteiger partial charge in [0.05, 0.1) is 33.6 Å². The van der Waals surface area contributed by atoms with Crippen molar-refractivity contribution in [2.45, 2.75) is 0 Å². The highest BCUT2D eigenvalue weighted by Crippen LogP contribution is 2.40. The highest BCUT2D eigenvalue weighted by atomic mass is 14.8. The van der Waals surface area contributed by atoms with E-state index < -0.39 is 0 Å². The predicted molar refractivity (Wildman–Crippen MR) is 181 cm³/mol. The molecule has 4 heteroatoms. The Hall–Kier alpha value is -6.00. The molecule has 0 spiro atoms. The monoisotopic (exact) mass is 560 g/mol. The Morgan fingerprint density at radius 2 is 1.00 bits per heavy atom. The molecule has 0 aliphatic heterocycles. The molecule has 4 nitrogen and oxygen atoms in total. The van der Waals surface area contributed by atoms with Gasteiger partial charge < -0.3 is 0 Å². The van der Waals surface area contributed by atoms with Crippen molar-refractivity contribution in [3.63, 3.8) is 0 Å². The SMILES string of the molecule is c1ccc(-c2ccc3ccc(-c4ccnc(-c5c6ccc7ccccc7c6nc6c5ccc5ccccc56)c4)cc3n2)nc1. The smallest absolute Gasteiger partial charge is 0.0893 e. The van der Waals surface area contributed by atoms with Gasteiger partial charge in [-0.05, 0) is 58.3 Å². The van der Waals surface area contributed by atoms with Crippen LogP contribution < -0.4 is 0 Å². The fourth-order valence-corrected chi connectivity index (χ4v) is 6.39. The maximum Gasteiger partial charge on any atom is 0.0893 e. The molecule has 0 amide bonds. The Balaban J connectivity index is 1.28. The zero-order chi connectivity index (χ0) is 29.0. The maximum absolute atomic E-state index is 5.33. The van der Waals surface area contributed by atoms with Crippen LogP contribution in [0.25, 0.3) is 88.0 Å². The summed E-state index contributed by atoms with van der Waals surface area (Å²) >= 11 is 0. The molecular formula is C40H24N4. The summed E-state index contributed by atoms with van der Waals surface area (Å²) < 4.78 is 0. The van der Waals surface area contributed by atoms with Gasteiger partial charge in [0, 0.05) is 44.9 Å². The summed E-state index contributed by atoms with van der Waals surface area (Å²) in [5.41, 5.74) is 8.83. The van der Waals surface area contributed by atoms with Crippen molar-refractivity contribution in [2.24, 2.45) is 0 Å². The summed E-state index contributed by atoms with van der Waals surface area (Å²) in [7, 11) is 0. The lowest BCUT2D eigenvalue weighted by Gasteiger charge is -2.15. The van der Waals surface area contributed by atoms with E-state index in [1.165, 1.54) is 10.8 Å². The molecule has 0 atom stereocenters. The van der Waals surface area contributed by atoms with Crippen molar-refractivity contribution in [1.82, 2.24) is 19.9 Å². The first-order valence-corrected chi connectivity index (χ1v) is 14.7. The van der Waals surface area contributed by atoms with E-state index in [2.05, 4.69) is 114 Å². The van der Waals surface area contributed by atoms with Gasteiger partial charge in [-0.3, -0.25) is 9.97 Å². The minimum atomic E-state index is 0.861. The van der Waals surface area contributed by atoms with Gasteiger partial charge >= 0.3 is 0 Å². The molecule has 204 valence electrons. The Bertz CT molecular complexity index is 2460. The average Bonchev–Trinajstić information content (AvgIpc) is 3.10. The van der Waals surface area contributed by atoms with Crippen molar-refractivity contribution in [2.75, 3.05) is 0 Å². The first-order chi connectivity index (χ1) is 21.8. The molecule has 0 aliphatic rings. The number of hydrogen-bond acceptors (Lipinski definition) is 4. The minimum Gasteiger partial charge on any atom is -0.256 e. The lowest BCUT2D eigenvalue weighted by atomic mass is 9.93. The highest BCUT2D eigenvalue weighted by Gasteiger charge is 2.17. The van der Waals surface area contributed by atoms with Crippen LogP contribution in [0, 0.1) is 0 Å². The molecule has 0 unspecified atom stereocenters. The topological polar surface area (TPSA) is 51.6 Å². The summed E-state index contributed by atoms with van der Waals surface area (Å²) in [6.45, 7) is 0. The van der Waals surface area contributed by atoms with E-state index in [4.69, 9.17) is 15.0 Å². The number of nitrogens with zero attached hydrogens (tertiary/aromatic N) is 4. The van der Waals surface area contributed by atoms with Crippen LogP contribution in [-0.4, -0.2) is 19.9 Å². The van der Waals surface area contributed by atoms with Gasteiger partial charge in [0.15, 0.2) is 0 Å². The standard InChI is InChI=1S/C40H24N4/c1-3-9-30-25(7-1)14-17-32-38(33-18-15-26-8-2-4-10-31(26)40(33)44-39(30)32)37-24-29(20-22-42-37)28-13-12-27-16-19-35(43-36(27)23-28)34-11-5-6-21-41-34/h1-24H. The van der Waals surface area contributed by atoms with Crippen LogP contribution in [0.3, 0.4) is 0 Å². The molecule has 9 rings (SSSR count). The van der Waals surface area contributed by atoms with E-state index >= 15 is 0 Å². The van der Waals surface area contributed by atoms with Crippen LogP contribution in [0.4, 0.5) is 0 Å². The van der Waals surface area contributed by atoms with Gasteiger partial charge in [0.1, 0.15) is 0 Å². The van der Waals surface area contributed by atoms with Crippen molar-refractivity contribution >= 4 is 54.3 Å².